The molecule has 0 fully saturated rings. The standard InChI is InChI=1S/C13H27NO2S/c1-4-16-13(15)8-6-5-7-10-14-12(2)9-11-17-3/h12,14H,4-11H2,1-3H3. The highest BCUT2D eigenvalue weighted by molar-refractivity contribution is 7.98. The molecule has 0 aliphatic carbocycles. The van der Waals surface area contributed by atoms with E-state index < -0.39 is 0 Å². The molecule has 3 nitrogen and oxygen atoms in total. The molecule has 0 amide bonds. The molecule has 0 aromatic rings. The van der Waals surface area contributed by atoms with Gasteiger partial charge in [-0.25, -0.2) is 0 Å². The summed E-state index contributed by atoms with van der Waals surface area (Å²) in [6, 6.07) is 0.604. The summed E-state index contributed by atoms with van der Waals surface area (Å²) in [6.45, 7) is 5.62. The van der Waals surface area contributed by atoms with E-state index in [9.17, 15) is 4.79 Å². The first kappa shape index (κ1) is 16.8. The van der Waals surface area contributed by atoms with Crippen molar-refractivity contribution in [2.45, 2.75) is 52.0 Å². The van der Waals surface area contributed by atoms with Crippen LogP contribution in [-0.2, 0) is 9.53 Å². The van der Waals surface area contributed by atoms with Crippen molar-refractivity contribution in [2.24, 2.45) is 0 Å². The van der Waals surface area contributed by atoms with Gasteiger partial charge in [-0.1, -0.05) is 6.42 Å². The summed E-state index contributed by atoms with van der Waals surface area (Å²) in [4.78, 5) is 11.1. The lowest BCUT2D eigenvalue weighted by molar-refractivity contribution is -0.143. The highest BCUT2D eigenvalue weighted by atomic mass is 32.2. The molecule has 1 unspecified atom stereocenters. The van der Waals surface area contributed by atoms with Gasteiger partial charge in [0.2, 0.25) is 0 Å². The van der Waals surface area contributed by atoms with Crippen LogP contribution in [0.25, 0.3) is 0 Å². The van der Waals surface area contributed by atoms with Gasteiger partial charge < -0.3 is 10.1 Å². The zero-order valence-electron chi connectivity index (χ0n) is 11.5. The third-order valence-electron chi connectivity index (χ3n) is 2.61. The van der Waals surface area contributed by atoms with E-state index in [1.807, 2.05) is 18.7 Å². The van der Waals surface area contributed by atoms with Gasteiger partial charge in [0.15, 0.2) is 0 Å². The van der Waals surface area contributed by atoms with Gasteiger partial charge >= 0.3 is 5.97 Å². The van der Waals surface area contributed by atoms with Crippen molar-refractivity contribution < 1.29 is 9.53 Å². The molecule has 4 heteroatoms. The number of carbonyl (C=O) groups excluding carboxylic acids is 1. The van der Waals surface area contributed by atoms with Crippen molar-refractivity contribution in [1.82, 2.24) is 5.32 Å². The van der Waals surface area contributed by atoms with Gasteiger partial charge in [-0.05, 0) is 51.7 Å². The second-order valence-corrected chi connectivity index (χ2v) is 5.24. The lowest BCUT2D eigenvalue weighted by Gasteiger charge is -2.12. The first-order valence-electron chi connectivity index (χ1n) is 6.58. The Bertz CT molecular complexity index is 188. The summed E-state index contributed by atoms with van der Waals surface area (Å²) >= 11 is 1.89. The van der Waals surface area contributed by atoms with Crippen LogP contribution < -0.4 is 5.32 Å². The van der Waals surface area contributed by atoms with Crippen molar-refractivity contribution in [3.05, 3.63) is 0 Å². The Morgan fingerprint density at radius 2 is 2.12 bits per heavy atom. The van der Waals surface area contributed by atoms with Crippen molar-refractivity contribution in [3.8, 4) is 0 Å². The molecule has 0 saturated heterocycles. The molecule has 1 atom stereocenters. The molecule has 0 aliphatic rings. The summed E-state index contributed by atoms with van der Waals surface area (Å²) in [5.74, 6) is 1.16. The summed E-state index contributed by atoms with van der Waals surface area (Å²) in [6.07, 6.45) is 7.12. The van der Waals surface area contributed by atoms with Gasteiger partial charge in [-0.15, -0.1) is 0 Å². The lowest BCUT2D eigenvalue weighted by atomic mass is 10.2. The second-order valence-electron chi connectivity index (χ2n) is 4.25. The Morgan fingerprint density at radius 3 is 2.76 bits per heavy atom. The molecule has 1 N–H and O–H groups in total. The predicted molar refractivity (Wildman–Crippen MR) is 75.6 cm³/mol. The Balaban J connectivity index is 3.20. The number of carbonyl (C=O) groups is 1. The Kier molecular flexibility index (Phi) is 12.1. The normalized spacial score (nSPS) is 12.4. The Hall–Kier alpha value is -0.220. The molecule has 17 heavy (non-hydrogen) atoms. The number of rotatable bonds is 11. The van der Waals surface area contributed by atoms with Crippen molar-refractivity contribution in [2.75, 3.05) is 25.2 Å². The Labute approximate surface area is 110 Å². The fourth-order valence-corrected chi connectivity index (χ4v) is 2.14. The van der Waals surface area contributed by atoms with E-state index in [0.717, 1.165) is 25.8 Å². The number of nitrogens with one attached hydrogen (secondary N) is 1. The van der Waals surface area contributed by atoms with Crippen LogP contribution in [0.2, 0.25) is 0 Å². The molecule has 0 radical (unpaired) electrons. The van der Waals surface area contributed by atoms with E-state index in [0.29, 0.717) is 19.1 Å². The summed E-state index contributed by atoms with van der Waals surface area (Å²) in [5, 5.41) is 3.50. The van der Waals surface area contributed by atoms with E-state index in [1.54, 1.807) is 0 Å². The summed E-state index contributed by atoms with van der Waals surface area (Å²) in [5.41, 5.74) is 0. The third-order valence-corrected chi connectivity index (χ3v) is 3.25. The molecule has 102 valence electrons. The van der Waals surface area contributed by atoms with Gasteiger partial charge in [0.1, 0.15) is 0 Å². The molecule has 0 aromatic carbocycles. The van der Waals surface area contributed by atoms with Crippen LogP contribution in [0.15, 0.2) is 0 Å². The number of ether oxygens (including phenoxy) is 1. The van der Waals surface area contributed by atoms with Crippen LogP contribution >= 0.6 is 11.8 Å². The van der Waals surface area contributed by atoms with Crippen molar-refractivity contribution >= 4 is 17.7 Å². The van der Waals surface area contributed by atoms with Crippen molar-refractivity contribution in [3.63, 3.8) is 0 Å². The lowest BCUT2D eigenvalue weighted by Crippen LogP contribution is -2.27. The molecule has 0 aromatic heterocycles. The number of hydrogen-bond donors (Lipinski definition) is 1. The van der Waals surface area contributed by atoms with E-state index >= 15 is 0 Å². The van der Waals surface area contributed by atoms with Gasteiger partial charge in [-0.2, -0.15) is 11.8 Å². The maximum Gasteiger partial charge on any atom is 0.305 e. The minimum Gasteiger partial charge on any atom is -0.466 e. The minimum absolute atomic E-state index is 0.0613. The fourth-order valence-electron chi connectivity index (χ4n) is 1.55. The van der Waals surface area contributed by atoms with E-state index in [1.165, 1.54) is 12.2 Å². The maximum absolute atomic E-state index is 11.1. The quantitative estimate of drug-likeness (QED) is 0.458. The highest BCUT2D eigenvalue weighted by Gasteiger charge is 2.02. The molecular formula is C13H27NO2S. The van der Waals surface area contributed by atoms with E-state index in [4.69, 9.17) is 4.74 Å². The second kappa shape index (κ2) is 12.2. The molecule has 0 spiro atoms. The number of hydrogen-bond acceptors (Lipinski definition) is 4. The molecule has 0 bridgehead atoms. The van der Waals surface area contributed by atoms with Crippen LogP contribution in [0, 0.1) is 0 Å². The minimum atomic E-state index is -0.0613. The first-order chi connectivity index (χ1) is 8.20. The van der Waals surface area contributed by atoms with E-state index in [-0.39, 0.29) is 5.97 Å². The molecule has 0 rings (SSSR count). The van der Waals surface area contributed by atoms with Crippen LogP contribution in [-0.4, -0.2) is 37.2 Å². The van der Waals surface area contributed by atoms with E-state index in [2.05, 4.69) is 18.5 Å². The van der Waals surface area contributed by atoms with Crippen molar-refractivity contribution in [1.29, 1.82) is 0 Å². The average molecular weight is 261 g/mol. The van der Waals surface area contributed by atoms with Gasteiger partial charge in [0.05, 0.1) is 6.61 Å². The smallest absolute Gasteiger partial charge is 0.305 e. The average Bonchev–Trinajstić information content (AvgIpc) is 2.31. The van der Waals surface area contributed by atoms with Gasteiger partial charge in [-0.3, -0.25) is 4.79 Å². The number of thioether (sulfide) groups is 1. The largest absolute Gasteiger partial charge is 0.466 e. The topological polar surface area (TPSA) is 38.3 Å². The molecule has 0 heterocycles. The maximum atomic E-state index is 11.1. The summed E-state index contributed by atoms with van der Waals surface area (Å²) < 4.78 is 4.87. The van der Waals surface area contributed by atoms with Crippen LogP contribution in [0.1, 0.15) is 46.0 Å². The van der Waals surface area contributed by atoms with Crippen LogP contribution in [0.3, 0.4) is 0 Å². The Morgan fingerprint density at radius 1 is 1.35 bits per heavy atom. The number of esters is 1. The van der Waals surface area contributed by atoms with Crippen LogP contribution in [0.4, 0.5) is 0 Å². The van der Waals surface area contributed by atoms with Gasteiger partial charge in [0.25, 0.3) is 0 Å². The zero-order valence-corrected chi connectivity index (χ0v) is 12.3. The predicted octanol–water partition coefficient (Wildman–Crippen LogP) is 2.84. The highest BCUT2D eigenvalue weighted by Crippen LogP contribution is 2.02. The SMILES string of the molecule is CCOC(=O)CCCCCNC(C)CCSC. The fraction of sp³-hybridized carbons (Fsp3) is 0.923. The number of unbranched alkanes of at least 4 members (excludes halogenated alkanes) is 2. The molecule has 0 saturated carbocycles. The third kappa shape index (κ3) is 12.0. The van der Waals surface area contributed by atoms with Crippen LogP contribution in [0.5, 0.6) is 0 Å². The molecule has 0 aliphatic heterocycles. The zero-order chi connectivity index (χ0) is 12.9. The first-order valence-corrected chi connectivity index (χ1v) is 7.98. The molecular weight excluding hydrogens is 234 g/mol. The summed E-state index contributed by atoms with van der Waals surface area (Å²) in [7, 11) is 0. The monoisotopic (exact) mass is 261 g/mol. The van der Waals surface area contributed by atoms with Gasteiger partial charge in [0, 0.05) is 12.5 Å².